The molecule has 0 saturated carbocycles. The summed E-state index contributed by atoms with van der Waals surface area (Å²) in [5, 5.41) is 20.3. The Morgan fingerprint density at radius 3 is 2.03 bits per heavy atom. The molecule has 0 bridgehead atoms. The van der Waals surface area contributed by atoms with Crippen LogP contribution in [0, 0.1) is 0 Å². The van der Waals surface area contributed by atoms with E-state index in [0.29, 0.717) is 44.8 Å². The van der Waals surface area contributed by atoms with Crippen LogP contribution >= 0.6 is 118 Å². The first-order valence-electron chi connectivity index (χ1n) is 10.1. The van der Waals surface area contributed by atoms with E-state index in [4.69, 9.17) is 27.2 Å². The van der Waals surface area contributed by atoms with Crippen molar-refractivity contribution in [2.75, 3.05) is 84.8 Å². The maximum atomic E-state index is 12.1. The fourth-order valence-corrected chi connectivity index (χ4v) is 11.7. The van der Waals surface area contributed by atoms with Gasteiger partial charge in [0.1, 0.15) is 5.94 Å². The Hall–Kier alpha value is 2.45. The summed E-state index contributed by atoms with van der Waals surface area (Å²) in [4.78, 5) is 23.7. The fraction of sp³-hybridized carbons (Fsp3) is 0.833. The van der Waals surface area contributed by atoms with Crippen LogP contribution in [-0.2, 0) is 25.1 Å². The normalized spacial score (nSPS) is 11.9. The van der Waals surface area contributed by atoms with Crippen LogP contribution < -0.4 is 0 Å². The van der Waals surface area contributed by atoms with Crippen molar-refractivity contribution in [1.82, 2.24) is 0 Å². The molecule has 0 aliphatic carbocycles. The lowest BCUT2D eigenvalue weighted by Crippen LogP contribution is -2.09. The number of aliphatic hydroxyl groups is 2. The van der Waals surface area contributed by atoms with Gasteiger partial charge in [-0.05, 0) is 12.2 Å². The van der Waals surface area contributed by atoms with Crippen molar-refractivity contribution in [2.24, 2.45) is 0 Å². The van der Waals surface area contributed by atoms with Gasteiger partial charge in [0.15, 0.2) is 15.3 Å². The molecule has 0 spiro atoms. The Morgan fingerprint density at radius 2 is 1.31 bits per heavy atom. The van der Waals surface area contributed by atoms with Gasteiger partial charge in [-0.25, -0.2) is 0 Å². The van der Waals surface area contributed by atoms with Crippen LogP contribution in [0.2, 0.25) is 0 Å². The van der Waals surface area contributed by atoms with E-state index >= 15 is 0 Å². The lowest BCUT2D eigenvalue weighted by Gasteiger charge is -2.06. The number of rotatable bonds is 25. The highest BCUT2D eigenvalue weighted by Gasteiger charge is 2.07. The number of hydrogen-bond donors (Lipinski definition) is 2. The lowest BCUT2D eigenvalue weighted by atomic mass is 10.8. The molecule has 6 nitrogen and oxygen atoms in total. The molecule has 2 N–H and O–H groups in total. The number of aliphatic hydroxyl groups excluding tert-OH is 2. The van der Waals surface area contributed by atoms with Crippen molar-refractivity contribution in [3.05, 3.63) is 0 Å². The zero-order valence-electron chi connectivity index (χ0n) is 19.1. The molecule has 35 heavy (non-hydrogen) atoms. The van der Waals surface area contributed by atoms with E-state index in [1.807, 2.05) is 0 Å². The van der Waals surface area contributed by atoms with Gasteiger partial charge in [0, 0.05) is 60.6 Å². The van der Waals surface area contributed by atoms with Crippen LogP contribution in [0.5, 0.6) is 0 Å². The van der Waals surface area contributed by atoms with E-state index in [9.17, 15) is 13.8 Å². The molecule has 0 saturated heterocycles. The second kappa shape index (κ2) is 29.4. The Labute approximate surface area is 255 Å². The van der Waals surface area contributed by atoms with Crippen molar-refractivity contribution in [2.45, 2.75) is 0 Å². The summed E-state index contributed by atoms with van der Waals surface area (Å²) in [5.74, 6) is 6.36. The topological polar surface area (TPSA) is 101 Å². The lowest BCUT2D eigenvalue weighted by molar-refractivity contribution is -0.109. The van der Waals surface area contributed by atoms with Gasteiger partial charge < -0.3 is 14.9 Å². The minimum atomic E-state index is -0.877. The summed E-state index contributed by atoms with van der Waals surface area (Å²) < 4.78 is 17.4. The first kappa shape index (κ1) is 37.5. The Morgan fingerprint density at radius 1 is 0.686 bits per heavy atom. The van der Waals surface area contributed by atoms with E-state index < -0.39 is 10.8 Å². The van der Waals surface area contributed by atoms with Gasteiger partial charge in [0.2, 0.25) is 0 Å². The highest BCUT2D eigenvalue weighted by atomic mass is 32.2. The molecule has 0 aliphatic rings. The first-order valence-corrected chi connectivity index (χ1v) is 22.0. The number of carbonyl (C=O) groups excluding carboxylic acids is 2. The second-order valence-corrected chi connectivity index (χ2v) is 18.4. The molecule has 1 unspecified atom stereocenters. The van der Waals surface area contributed by atoms with Crippen LogP contribution in [0.15, 0.2) is 0 Å². The highest BCUT2D eigenvalue weighted by Crippen LogP contribution is 2.19. The average Bonchev–Trinajstić information content (AvgIpc) is 2.83. The molecule has 0 fully saturated rings. The molecule has 0 aromatic heterocycles. The molecular weight excluding hydrogens is 665 g/mol. The minimum Gasteiger partial charge on any atom is -0.476 e. The summed E-state index contributed by atoms with van der Waals surface area (Å²) in [6, 6.07) is 0. The molecule has 0 aromatic rings. The van der Waals surface area contributed by atoms with E-state index in [-0.39, 0.29) is 22.1 Å². The van der Waals surface area contributed by atoms with Gasteiger partial charge in [-0.2, -0.15) is 23.5 Å². The van der Waals surface area contributed by atoms with Gasteiger partial charge in [0.25, 0.3) is 0 Å². The van der Waals surface area contributed by atoms with Crippen LogP contribution in [0.25, 0.3) is 0 Å². The third-order valence-electron chi connectivity index (χ3n) is 3.18. The Kier molecular flexibility index (Phi) is 31.5. The number of hydrogen-bond acceptors (Lipinski definition) is 16. The van der Waals surface area contributed by atoms with Crippen molar-refractivity contribution < 1.29 is 28.7 Å². The van der Waals surface area contributed by atoms with Gasteiger partial charge in [0.05, 0.1) is 29.1 Å². The number of ether oxygens (including phenoxy) is 1. The predicted octanol–water partition coefficient (Wildman–Crippen LogP) is 4.46. The maximum absolute atomic E-state index is 12.1. The molecule has 17 heteroatoms. The monoisotopic (exact) mass is 696 g/mol. The van der Waals surface area contributed by atoms with Crippen molar-refractivity contribution in [3.8, 4) is 0 Å². The molecule has 1 atom stereocenters. The van der Waals surface area contributed by atoms with E-state index in [0.717, 1.165) is 33.2 Å². The van der Waals surface area contributed by atoms with Gasteiger partial charge in [-0.15, -0.1) is 58.8 Å². The van der Waals surface area contributed by atoms with Crippen LogP contribution in [0.3, 0.4) is 0 Å². The Bertz CT molecular complexity index is 585. The minimum absolute atomic E-state index is 0.0990. The van der Waals surface area contributed by atoms with Gasteiger partial charge in [-0.1, -0.05) is 23.5 Å². The third kappa shape index (κ3) is 29.3. The summed E-state index contributed by atoms with van der Waals surface area (Å²) in [5.41, 5.74) is 0. The number of carbonyl (C=O) groups is 2. The smallest absolute Gasteiger partial charge is 0.199 e. The summed E-state index contributed by atoms with van der Waals surface area (Å²) in [7, 11) is -0.877. The fourth-order valence-electron chi connectivity index (χ4n) is 1.70. The second-order valence-electron chi connectivity index (χ2n) is 5.81. The molecule has 0 aromatic carbocycles. The standard InChI is InChI=1S/C18H32O6S11/c19-10-29-13-31-12-24-18(25)9-28-8-16(21)33-2-1-26-3-5-35(23)6-4-27-7-17(22)34-15-32-14-30-11-20/h19-20H,1-15H2. The highest BCUT2D eigenvalue weighted by molar-refractivity contribution is 8.27. The number of thiocarbonyl (C=S) groups is 1. The maximum Gasteiger partial charge on any atom is 0.199 e. The quantitative estimate of drug-likeness (QED) is 0.0798. The molecule has 0 rings (SSSR count). The first-order chi connectivity index (χ1) is 17.0. The van der Waals surface area contributed by atoms with Crippen LogP contribution in [0.4, 0.5) is 0 Å². The predicted molar refractivity (Wildman–Crippen MR) is 178 cm³/mol. The van der Waals surface area contributed by atoms with Gasteiger partial charge >= 0.3 is 0 Å². The van der Waals surface area contributed by atoms with Crippen LogP contribution in [0.1, 0.15) is 0 Å². The summed E-state index contributed by atoms with van der Waals surface area (Å²) in [6.45, 7) is 0. The van der Waals surface area contributed by atoms with Crippen molar-refractivity contribution in [3.63, 3.8) is 0 Å². The average molecular weight is 697 g/mol. The molecule has 0 heterocycles. The molecule has 0 amide bonds. The van der Waals surface area contributed by atoms with E-state index in [2.05, 4.69) is 0 Å². The molecule has 206 valence electrons. The zero-order valence-corrected chi connectivity index (χ0v) is 28.1. The van der Waals surface area contributed by atoms with Crippen LogP contribution in [-0.4, -0.2) is 115 Å². The molecule has 0 radical (unpaired) electrons. The number of thioether (sulfide) groups is 9. The largest absolute Gasteiger partial charge is 0.476 e. The summed E-state index contributed by atoms with van der Waals surface area (Å²) in [6.07, 6.45) is 0. The SMILES string of the molecule is O=C(CSCC(=S)OCSCSCO)SCCSCCS(=O)CCSCC(=O)SCSCSCO. The molecular formula is C18H32O6S11. The van der Waals surface area contributed by atoms with Gasteiger partial charge in [-0.3, -0.25) is 13.8 Å². The summed E-state index contributed by atoms with van der Waals surface area (Å²) >= 11 is 18.4. The zero-order chi connectivity index (χ0) is 26.0. The third-order valence-corrected chi connectivity index (χ3v) is 14.8. The van der Waals surface area contributed by atoms with E-state index in [1.165, 1.54) is 70.6 Å². The molecule has 0 aliphatic heterocycles. The van der Waals surface area contributed by atoms with E-state index in [1.54, 1.807) is 35.3 Å². The Balaban J connectivity index is 3.47. The van der Waals surface area contributed by atoms with Crippen molar-refractivity contribution >= 4 is 144 Å². The van der Waals surface area contributed by atoms with Crippen molar-refractivity contribution in [1.29, 1.82) is 0 Å².